The molecule has 0 aliphatic heterocycles. The second-order valence-electron chi connectivity index (χ2n) is 4.53. The van der Waals surface area contributed by atoms with Gasteiger partial charge in [0.25, 0.3) is 0 Å². The lowest BCUT2D eigenvalue weighted by Crippen LogP contribution is -1.75. The van der Waals surface area contributed by atoms with E-state index < -0.39 is 0 Å². The van der Waals surface area contributed by atoms with E-state index in [0.717, 1.165) is 0 Å². The summed E-state index contributed by atoms with van der Waals surface area (Å²) < 4.78 is 0. The van der Waals surface area contributed by atoms with Crippen molar-refractivity contribution in [1.29, 1.82) is 0 Å². The molecule has 4 rings (SSSR count). The first-order valence-corrected chi connectivity index (χ1v) is 6.67. The van der Waals surface area contributed by atoms with Crippen molar-refractivity contribution in [2.24, 2.45) is 0 Å². The molecule has 0 spiro atoms. The molecular formula is C19H15N. The van der Waals surface area contributed by atoms with Crippen molar-refractivity contribution in [3.8, 4) is 0 Å². The topological polar surface area (TPSA) is 12.9 Å². The van der Waals surface area contributed by atoms with Gasteiger partial charge in [0.15, 0.2) is 0 Å². The van der Waals surface area contributed by atoms with Crippen molar-refractivity contribution in [1.82, 2.24) is 4.98 Å². The lowest BCUT2D eigenvalue weighted by atomic mass is 10.0. The summed E-state index contributed by atoms with van der Waals surface area (Å²) in [5.41, 5.74) is 0. The van der Waals surface area contributed by atoms with Crippen LogP contribution in [-0.4, -0.2) is 4.98 Å². The van der Waals surface area contributed by atoms with Gasteiger partial charge in [-0.2, -0.15) is 0 Å². The van der Waals surface area contributed by atoms with Gasteiger partial charge >= 0.3 is 0 Å². The molecule has 4 aromatic rings. The third-order valence-corrected chi connectivity index (χ3v) is 3.22. The average molecular weight is 257 g/mol. The van der Waals surface area contributed by atoms with Crippen LogP contribution in [0, 0.1) is 0 Å². The van der Waals surface area contributed by atoms with Crippen LogP contribution in [0.15, 0.2) is 91.3 Å². The lowest BCUT2D eigenvalue weighted by Gasteiger charge is -2.02. The third-order valence-electron chi connectivity index (χ3n) is 3.22. The Kier molecular flexibility index (Phi) is 3.70. The van der Waals surface area contributed by atoms with Gasteiger partial charge in [-0.05, 0) is 33.7 Å². The van der Waals surface area contributed by atoms with E-state index in [-0.39, 0.29) is 0 Å². The number of benzene rings is 3. The first-order valence-electron chi connectivity index (χ1n) is 6.67. The van der Waals surface area contributed by atoms with E-state index in [0.29, 0.717) is 0 Å². The molecule has 0 N–H and O–H groups in total. The zero-order valence-electron chi connectivity index (χ0n) is 11.1. The maximum Gasteiger partial charge on any atom is 0.0267 e. The maximum atomic E-state index is 3.78. The van der Waals surface area contributed by atoms with Gasteiger partial charge in [0.05, 0.1) is 0 Å². The van der Waals surface area contributed by atoms with E-state index in [9.17, 15) is 0 Å². The molecule has 20 heavy (non-hydrogen) atoms. The summed E-state index contributed by atoms with van der Waals surface area (Å²) in [6.45, 7) is 0. The second kappa shape index (κ2) is 5.98. The lowest BCUT2D eigenvalue weighted by molar-refractivity contribution is 1.33. The van der Waals surface area contributed by atoms with E-state index >= 15 is 0 Å². The SMILES string of the molecule is c1ccc2c(c1)ccc1ccccc12.c1ccncc1. The van der Waals surface area contributed by atoms with Crippen LogP contribution in [0.2, 0.25) is 0 Å². The van der Waals surface area contributed by atoms with E-state index in [4.69, 9.17) is 0 Å². The molecule has 0 saturated heterocycles. The van der Waals surface area contributed by atoms with Gasteiger partial charge in [-0.3, -0.25) is 4.98 Å². The van der Waals surface area contributed by atoms with Gasteiger partial charge in [0, 0.05) is 12.4 Å². The monoisotopic (exact) mass is 257 g/mol. The molecule has 1 heteroatoms. The van der Waals surface area contributed by atoms with Crippen molar-refractivity contribution in [2.75, 3.05) is 0 Å². The zero-order chi connectivity index (χ0) is 13.6. The smallest absolute Gasteiger partial charge is 0.0267 e. The minimum atomic E-state index is 1.31. The Balaban J connectivity index is 0.000000170. The zero-order valence-corrected chi connectivity index (χ0v) is 11.1. The maximum absolute atomic E-state index is 3.78. The number of hydrogen-bond acceptors (Lipinski definition) is 1. The minimum Gasteiger partial charge on any atom is -0.265 e. The predicted octanol–water partition coefficient (Wildman–Crippen LogP) is 5.07. The molecule has 0 atom stereocenters. The highest BCUT2D eigenvalue weighted by molar-refractivity contribution is 6.07. The van der Waals surface area contributed by atoms with Crippen LogP contribution in [0.3, 0.4) is 0 Å². The number of pyridine rings is 1. The Hall–Kier alpha value is -2.67. The largest absolute Gasteiger partial charge is 0.265 e. The Morgan fingerprint density at radius 3 is 1.35 bits per heavy atom. The number of aromatic nitrogens is 1. The normalized spacial score (nSPS) is 10.0. The number of nitrogens with zero attached hydrogens (tertiary/aromatic N) is 1. The molecule has 0 fully saturated rings. The first-order chi connectivity index (χ1) is 9.95. The number of hydrogen-bond donors (Lipinski definition) is 0. The molecule has 96 valence electrons. The fraction of sp³-hybridized carbons (Fsp3) is 0. The molecular weight excluding hydrogens is 242 g/mol. The molecule has 1 heterocycles. The fourth-order valence-corrected chi connectivity index (χ4v) is 2.27. The summed E-state index contributed by atoms with van der Waals surface area (Å²) >= 11 is 0. The summed E-state index contributed by atoms with van der Waals surface area (Å²) in [6, 6.07) is 27.1. The van der Waals surface area contributed by atoms with Gasteiger partial charge in [0.1, 0.15) is 0 Å². The second-order valence-corrected chi connectivity index (χ2v) is 4.53. The Bertz CT molecular complexity index is 725. The Morgan fingerprint density at radius 2 is 0.950 bits per heavy atom. The van der Waals surface area contributed by atoms with Crippen LogP contribution < -0.4 is 0 Å². The first kappa shape index (κ1) is 12.4. The minimum absolute atomic E-state index is 1.31. The van der Waals surface area contributed by atoms with Crippen molar-refractivity contribution in [3.63, 3.8) is 0 Å². The predicted molar refractivity (Wildman–Crippen MR) is 85.7 cm³/mol. The van der Waals surface area contributed by atoms with Crippen molar-refractivity contribution in [2.45, 2.75) is 0 Å². The quantitative estimate of drug-likeness (QED) is 0.400. The molecule has 0 unspecified atom stereocenters. The highest BCUT2D eigenvalue weighted by Crippen LogP contribution is 2.24. The summed E-state index contributed by atoms with van der Waals surface area (Å²) in [4.78, 5) is 3.78. The van der Waals surface area contributed by atoms with Crippen LogP contribution in [0.25, 0.3) is 21.5 Å². The Labute approximate surface area is 118 Å². The van der Waals surface area contributed by atoms with Crippen molar-refractivity contribution < 1.29 is 0 Å². The molecule has 3 aromatic carbocycles. The molecule has 0 aliphatic rings. The molecule has 0 saturated carbocycles. The van der Waals surface area contributed by atoms with Gasteiger partial charge in [-0.1, -0.05) is 66.7 Å². The van der Waals surface area contributed by atoms with Crippen LogP contribution in [0.1, 0.15) is 0 Å². The Morgan fingerprint density at radius 1 is 0.450 bits per heavy atom. The summed E-state index contributed by atoms with van der Waals surface area (Å²) in [5.74, 6) is 0. The molecule has 0 radical (unpaired) electrons. The van der Waals surface area contributed by atoms with Crippen LogP contribution in [0.5, 0.6) is 0 Å². The van der Waals surface area contributed by atoms with Gasteiger partial charge in [-0.15, -0.1) is 0 Å². The molecule has 1 nitrogen and oxygen atoms in total. The summed E-state index contributed by atoms with van der Waals surface area (Å²) in [7, 11) is 0. The average Bonchev–Trinajstić information content (AvgIpc) is 2.57. The molecule has 0 bridgehead atoms. The standard InChI is InChI=1S/C14H10.C5H5N/c1-3-7-13-11(5-1)9-10-12-6-2-4-8-14(12)13;1-2-4-6-5-3-1/h1-10H;1-5H. The van der Waals surface area contributed by atoms with Crippen LogP contribution >= 0.6 is 0 Å². The van der Waals surface area contributed by atoms with Crippen LogP contribution in [-0.2, 0) is 0 Å². The van der Waals surface area contributed by atoms with Crippen LogP contribution in [0.4, 0.5) is 0 Å². The highest BCUT2D eigenvalue weighted by atomic mass is 14.6. The third kappa shape index (κ3) is 2.67. The molecule has 0 aliphatic carbocycles. The van der Waals surface area contributed by atoms with E-state index in [1.54, 1.807) is 12.4 Å². The van der Waals surface area contributed by atoms with E-state index in [2.05, 4.69) is 65.6 Å². The van der Waals surface area contributed by atoms with Crippen molar-refractivity contribution in [3.05, 3.63) is 91.3 Å². The number of fused-ring (bicyclic) bond motifs is 3. The summed E-state index contributed by atoms with van der Waals surface area (Å²) in [6.07, 6.45) is 3.50. The van der Waals surface area contributed by atoms with E-state index in [1.807, 2.05) is 18.2 Å². The number of rotatable bonds is 0. The molecule has 0 amide bonds. The van der Waals surface area contributed by atoms with Gasteiger partial charge in [0.2, 0.25) is 0 Å². The fourth-order valence-electron chi connectivity index (χ4n) is 2.27. The highest BCUT2D eigenvalue weighted by Gasteiger charge is 1.97. The van der Waals surface area contributed by atoms with E-state index in [1.165, 1.54) is 21.5 Å². The van der Waals surface area contributed by atoms with Gasteiger partial charge < -0.3 is 0 Å². The van der Waals surface area contributed by atoms with Crippen molar-refractivity contribution >= 4 is 21.5 Å². The van der Waals surface area contributed by atoms with Gasteiger partial charge in [-0.25, -0.2) is 0 Å². The summed E-state index contributed by atoms with van der Waals surface area (Å²) in [5, 5.41) is 5.30. The molecule has 1 aromatic heterocycles.